The highest BCUT2D eigenvalue weighted by Gasteiger charge is 2.30. The molecule has 2 aliphatic heterocycles. The van der Waals surface area contributed by atoms with Crippen molar-refractivity contribution in [3.63, 3.8) is 0 Å². The second-order valence-corrected chi connectivity index (χ2v) is 6.47. The average molecular weight is 357 g/mol. The summed E-state index contributed by atoms with van der Waals surface area (Å²) in [5, 5.41) is 2.97. The Morgan fingerprint density at radius 2 is 1.84 bits per heavy atom. The summed E-state index contributed by atoms with van der Waals surface area (Å²) >= 11 is 0. The normalized spacial score (nSPS) is 22.2. The number of amides is 2. The van der Waals surface area contributed by atoms with Crippen molar-refractivity contribution in [2.75, 3.05) is 39.4 Å². The van der Waals surface area contributed by atoms with Crippen LogP contribution in [0.4, 0.5) is 18.0 Å². The van der Waals surface area contributed by atoms with Gasteiger partial charge in [0.2, 0.25) is 0 Å². The van der Waals surface area contributed by atoms with Crippen LogP contribution in [0.15, 0.2) is 24.3 Å². The number of hydrogen-bond donors (Lipinski definition) is 1. The number of hydrogen-bond acceptors (Lipinski definition) is 3. The van der Waals surface area contributed by atoms with Crippen molar-refractivity contribution >= 4 is 6.03 Å². The molecule has 0 bridgehead atoms. The maximum Gasteiger partial charge on any atom is 0.416 e. The summed E-state index contributed by atoms with van der Waals surface area (Å²) in [4.78, 5) is 16.1. The Balaban J connectivity index is 1.45. The lowest BCUT2D eigenvalue weighted by Gasteiger charge is -2.35. The first-order valence-electron chi connectivity index (χ1n) is 8.43. The second-order valence-electron chi connectivity index (χ2n) is 6.47. The van der Waals surface area contributed by atoms with E-state index in [4.69, 9.17) is 4.74 Å². The molecule has 25 heavy (non-hydrogen) atoms. The summed E-state index contributed by atoms with van der Waals surface area (Å²) < 4.78 is 43.0. The number of benzene rings is 1. The van der Waals surface area contributed by atoms with Crippen LogP contribution in [0.3, 0.4) is 0 Å². The second kappa shape index (κ2) is 7.61. The van der Waals surface area contributed by atoms with E-state index in [-0.39, 0.29) is 12.1 Å². The highest BCUT2D eigenvalue weighted by molar-refractivity contribution is 5.74. The van der Waals surface area contributed by atoms with Gasteiger partial charge in [-0.15, -0.1) is 0 Å². The Bertz CT molecular complexity index is 578. The molecular weight excluding hydrogens is 335 g/mol. The van der Waals surface area contributed by atoms with E-state index in [1.807, 2.05) is 0 Å². The first-order valence-corrected chi connectivity index (χ1v) is 8.43. The van der Waals surface area contributed by atoms with Gasteiger partial charge >= 0.3 is 12.2 Å². The molecule has 0 radical (unpaired) electrons. The molecule has 1 atom stereocenters. The Hall–Kier alpha value is -1.80. The number of urea groups is 1. The largest absolute Gasteiger partial charge is 0.416 e. The number of rotatable bonds is 3. The van der Waals surface area contributed by atoms with Gasteiger partial charge in [-0.1, -0.05) is 12.1 Å². The van der Waals surface area contributed by atoms with Crippen molar-refractivity contribution in [2.24, 2.45) is 0 Å². The number of nitrogens with one attached hydrogen (secondary N) is 1. The van der Waals surface area contributed by atoms with Crippen molar-refractivity contribution in [3.8, 4) is 0 Å². The molecule has 2 saturated heterocycles. The number of ether oxygens (including phenoxy) is 1. The number of carbonyl (C=O) groups is 1. The number of carbonyl (C=O) groups excluding carboxylic acids is 1. The first-order chi connectivity index (χ1) is 11.9. The Morgan fingerprint density at radius 1 is 1.16 bits per heavy atom. The zero-order valence-electron chi connectivity index (χ0n) is 13.9. The van der Waals surface area contributed by atoms with Crippen LogP contribution < -0.4 is 5.32 Å². The van der Waals surface area contributed by atoms with Crippen molar-refractivity contribution < 1.29 is 22.7 Å². The molecule has 2 aliphatic rings. The molecule has 3 rings (SSSR count). The van der Waals surface area contributed by atoms with Crippen LogP contribution in [0.5, 0.6) is 0 Å². The predicted molar refractivity (Wildman–Crippen MR) is 86.0 cm³/mol. The monoisotopic (exact) mass is 357 g/mol. The van der Waals surface area contributed by atoms with Gasteiger partial charge in [0.1, 0.15) is 0 Å². The number of piperazine rings is 1. The zero-order chi connectivity index (χ0) is 17.9. The third-order valence-electron chi connectivity index (χ3n) is 4.60. The third-order valence-corrected chi connectivity index (χ3v) is 4.60. The van der Waals surface area contributed by atoms with Gasteiger partial charge < -0.3 is 15.0 Å². The summed E-state index contributed by atoms with van der Waals surface area (Å²) in [6, 6.07) is 5.29. The minimum atomic E-state index is -4.30. The number of halogens is 3. The Kier molecular flexibility index (Phi) is 5.48. The van der Waals surface area contributed by atoms with Gasteiger partial charge in [-0.2, -0.15) is 13.2 Å². The topological polar surface area (TPSA) is 44.8 Å². The molecule has 1 aromatic rings. The van der Waals surface area contributed by atoms with Crippen LogP contribution in [-0.4, -0.2) is 61.3 Å². The van der Waals surface area contributed by atoms with E-state index in [9.17, 15) is 18.0 Å². The molecule has 1 N–H and O–H groups in total. The van der Waals surface area contributed by atoms with Gasteiger partial charge in [0.15, 0.2) is 0 Å². The maximum absolute atomic E-state index is 12.6. The summed E-state index contributed by atoms with van der Waals surface area (Å²) in [7, 11) is 0. The van der Waals surface area contributed by atoms with Crippen molar-refractivity contribution in [3.05, 3.63) is 35.4 Å². The minimum absolute atomic E-state index is 0.0651. The number of alkyl halides is 3. The van der Waals surface area contributed by atoms with Crippen molar-refractivity contribution in [1.29, 1.82) is 0 Å². The van der Waals surface area contributed by atoms with Crippen LogP contribution in [0.25, 0.3) is 0 Å². The van der Waals surface area contributed by atoms with Crippen LogP contribution in [0.1, 0.15) is 17.5 Å². The van der Waals surface area contributed by atoms with Gasteiger partial charge in [-0.05, 0) is 24.1 Å². The molecule has 0 saturated carbocycles. The lowest BCUT2D eigenvalue weighted by atomic mass is 10.1. The molecule has 138 valence electrons. The smallest absolute Gasteiger partial charge is 0.379 e. The van der Waals surface area contributed by atoms with Gasteiger partial charge in [-0.25, -0.2) is 4.79 Å². The molecule has 0 aromatic heterocycles. The van der Waals surface area contributed by atoms with E-state index < -0.39 is 11.7 Å². The van der Waals surface area contributed by atoms with Crippen molar-refractivity contribution in [2.45, 2.75) is 25.2 Å². The van der Waals surface area contributed by atoms with Crippen LogP contribution >= 0.6 is 0 Å². The molecule has 0 aliphatic carbocycles. The Labute approximate surface area is 144 Å². The highest BCUT2D eigenvalue weighted by Crippen LogP contribution is 2.29. The molecule has 2 fully saturated rings. The third kappa shape index (κ3) is 4.85. The lowest BCUT2D eigenvalue weighted by Crippen LogP contribution is -2.53. The molecule has 1 unspecified atom stereocenters. The van der Waals surface area contributed by atoms with Crippen LogP contribution in [0, 0.1) is 0 Å². The quantitative estimate of drug-likeness (QED) is 0.903. The summed E-state index contributed by atoms with van der Waals surface area (Å²) in [6.07, 6.45) is -3.46. The standard InChI is InChI=1S/C17H22F3N3O2/c18-17(19,20)14-3-1-13(2-4-14)11-22-6-8-23(9-7-22)16(24)21-15-5-10-25-12-15/h1-4,15H,5-12H2,(H,21,24). The van der Waals surface area contributed by atoms with E-state index >= 15 is 0 Å². The summed E-state index contributed by atoms with van der Waals surface area (Å²) in [5.41, 5.74) is 0.211. The predicted octanol–water partition coefficient (Wildman–Crippen LogP) is 2.32. The highest BCUT2D eigenvalue weighted by atomic mass is 19.4. The van der Waals surface area contributed by atoms with Gasteiger partial charge in [0, 0.05) is 39.3 Å². The van der Waals surface area contributed by atoms with Crippen LogP contribution in [0.2, 0.25) is 0 Å². The fraction of sp³-hybridized carbons (Fsp3) is 0.588. The van der Waals surface area contributed by atoms with E-state index in [2.05, 4.69) is 10.2 Å². The van der Waals surface area contributed by atoms with E-state index in [0.717, 1.165) is 24.1 Å². The van der Waals surface area contributed by atoms with Crippen LogP contribution in [-0.2, 0) is 17.5 Å². The molecule has 2 heterocycles. The molecule has 1 aromatic carbocycles. The fourth-order valence-electron chi connectivity index (χ4n) is 3.08. The minimum Gasteiger partial charge on any atom is -0.379 e. The SMILES string of the molecule is O=C(NC1CCOC1)N1CCN(Cc2ccc(C(F)(F)F)cc2)CC1. The summed E-state index contributed by atoms with van der Waals surface area (Å²) in [6.45, 7) is 4.47. The van der Waals surface area contributed by atoms with Gasteiger partial charge in [0.05, 0.1) is 18.2 Å². The maximum atomic E-state index is 12.6. The number of nitrogens with zero attached hydrogens (tertiary/aromatic N) is 2. The van der Waals surface area contributed by atoms with E-state index in [0.29, 0.717) is 45.9 Å². The van der Waals surface area contributed by atoms with E-state index in [1.54, 1.807) is 4.90 Å². The Morgan fingerprint density at radius 3 is 2.40 bits per heavy atom. The van der Waals surface area contributed by atoms with E-state index in [1.165, 1.54) is 12.1 Å². The lowest BCUT2D eigenvalue weighted by molar-refractivity contribution is -0.137. The average Bonchev–Trinajstić information content (AvgIpc) is 3.08. The van der Waals surface area contributed by atoms with Gasteiger partial charge in [-0.3, -0.25) is 4.90 Å². The first kappa shape index (κ1) is 18.0. The fourth-order valence-corrected chi connectivity index (χ4v) is 3.08. The zero-order valence-corrected chi connectivity index (χ0v) is 13.9. The van der Waals surface area contributed by atoms with Crippen molar-refractivity contribution in [1.82, 2.24) is 15.1 Å². The van der Waals surface area contributed by atoms with Gasteiger partial charge in [0.25, 0.3) is 0 Å². The molecular formula is C17H22F3N3O2. The molecule has 0 spiro atoms. The molecule has 8 heteroatoms. The molecule has 2 amide bonds. The molecule has 5 nitrogen and oxygen atoms in total. The summed E-state index contributed by atoms with van der Waals surface area (Å²) in [5.74, 6) is 0.